The summed E-state index contributed by atoms with van der Waals surface area (Å²) in [7, 11) is 0. The summed E-state index contributed by atoms with van der Waals surface area (Å²) in [5.74, 6) is 0.857. The molecule has 1 atom stereocenters. The molecule has 1 aliphatic carbocycles. The van der Waals surface area contributed by atoms with Gasteiger partial charge >= 0.3 is 0 Å². The fourth-order valence-corrected chi connectivity index (χ4v) is 4.55. The number of hydrogen-bond donors (Lipinski definition) is 1. The van der Waals surface area contributed by atoms with E-state index >= 15 is 0 Å². The molecule has 5 rings (SSSR count). The largest absolute Gasteiger partial charge is 0.454 e. The standard InChI is InChI=1S/C23H23FN2O4/c24-17-3-1-2-15(10-17)11-21(27)25-20-13-23(20)6-8-26(9-7-23)22(28)16-4-5-18-19(12-16)30-14-29-18/h1-5,10,12,20H,6-9,11,13-14H2,(H,25,27). The number of benzene rings is 2. The van der Waals surface area contributed by atoms with E-state index in [1.54, 1.807) is 30.3 Å². The van der Waals surface area contributed by atoms with E-state index in [2.05, 4.69) is 5.32 Å². The van der Waals surface area contributed by atoms with Crippen LogP contribution in [0.5, 0.6) is 11.5 Å². The van der Waals surface area contributed by atoms with Crippen molar-refractivity contribution in [2.75, 3.05) is 19.9 Å². The number of halogens is 1. The Labute approximate surface area is 174 Å². The molecule has 30 heavy (non-hydrogen) atoms. The van der Waals surface area contributed by atoms with Gasteiger partial charge in [-0.15, -0.1) is 0 Å². The average molecular weight is 410 g/mol. The van der Waals surface area contributed by atoms with Crippen LogP contribution in [0.15, 0.2) is 42.5 Å². The number of nitrogens with one attached hydrogen (secondary N) is 1. The van der Waals surface area contributed by atoms with Gasteiger partial charge in [0.05, 0.1) is 6.42 Å². The first-order chi connectivity index (χ1) is 14.5. The second-order valence-electron chi connectivity index (χ2n) is 8.35. The van der Waals surface area contributed by atoms with Crippen molar-refractivity contribution in [3.63, 3.8) is 0 Å². The van der Waals surface area contributed by atoms with Crippen LogP contribution in [0.2, 0.25) is 0 Å². The van der Waals surface area contributed by atoms with Crippen molar-refractivity contribution in [3.8, 4) is 11.5 Å². The first kappa shape index (κ1) is 18.9. The first-order valence-electron chi connectivity index (χ1n) is 10.3. The Kier molecular flexibility index (Phi) is 4.60. The third-order valence-corrected chi connectivity index (χ3v) is 6.44. The maximum absolute atomic E-state index is 13.3. The molecule has 0 bridgehead atoms. The Morgan fingerprint density at radius 2 is 1.90 bits per heavy atom. The van der Waals surface area contributed by atoms with Crippen LogP contribution < -0.4 is 14.8 Å². The van der Waals surface area contributed by atoms with Crippen molar-refractivity contribution in [2.24, 2.45) is 5.41 Å². The minimum Gasteiger partial charge on any atom is -0.454 e. The van der Waals surface area contributed by atoms with Crippen LogP contribution in [0.4, 0.5) is 4.39 Å². The lowest BCUT2D eigenvalue weighted by molar-refractivity contribution is -0.120. The summed E-state index contributed by atoms with van der Waals surface area (Å²) in [4.78, 5) is 27.0. The third kappa shape index (κ3) is 3.60. The molecule has 2 aromatic rings. The fraction of sp³-hybridized carbons (Fsp3) is 0.391. The molecule has 1 saturated heterocycles. The predicted molar refractivity (Wildman–Crippen MR) is 107 cm³/mol. The van der Waals surface area contributed by atoms with E-state index in [-0.39, 0.29) is 42.3 Å². The van der Waals surface area contributed by atoms with Gasteiger partial charge in [0.25, 0.3) is 5.91 Å². The highest BCUT2D eigenvalue weighted by Crippen LogP contribution is 2.54. The number of hydrogen-bond acceptors (Lipinski definition) is 4. The van der Waals surface area contributed by atoms with Gasteiger partial charge in [0.2, 0.25) is 12.7 Å². The molecule has 7 heteroatoms. The number of fused-ring (bicyclic) bond motifs is 1. The summed E-state index contributed by atoms with van der Waals surface area (Å²) in [6, 6.07) is 11.6. The summed E-state index contributed by atoms with van der Waals surface area (Å²) in [5, 5.41) is 3.09. The van der Waals surface area contributed by atoms with Crippen molar-refractivity contribution in [3.05, 3.63) is 59.4 Å². The number of carbonyl (C=O) groups excluding carboxylic acids is 2. The highest BCUT2D eigenvalue weighted by atomic mass is 19.1. The second-order valence-corrected chi connectivity index (χ2v) is 8.35. The fourth-order valence-electron chi connectivity index (χ4n) is 4.55. The zero-order chi connectivity index (χ0) is 20.7. The lowest BCUT2D eigenvalue weighted by Crippen LogP contribution is -2.41. The Morgan fingerprint density at radius 1 is 1.10 bits per heavy atom. The van der Waals surface area contributed by atoms with Gasteiger partial charge in [0.1, 0.15) is 5.82 Å². The average Bonchev–Trinajstić information content (AvgIpc) is 3.17. The molecule has 0 aromatic heterocycles. The maximum atomic E-state index is 13.3. The molecule has 2 aromatic carbocycles. The van der Waals surface area contributed by atoms with Gasteiger partial charge in [-0.3, -0.25) is 9.59 Å². The SMILES string of the molecule is O=C(Cc1cccc(F)c1)NC1CC12CCN(C(=O)c1ccc3c(c1)OCO3)CC2. The molecule has 2 amide bonds. The zero-order valence-corrected chi connectivity index (χ0v) is 16.5. The third-order valence-electron chi connectivity index (χ3n) is 6.44. The van der Waals surface area contributed by atoms with Crippen LogP contribution >= 0.6 is 0 Å². The van der Waals surface area contributed by atoms with E-state index in [1.807, 2.05) is 4.90 Å². The van der Waals surface area contributed by atoms with Crippen LogP contribution in [0, 0.1) is 11.2 Å². The van der Waals surface area contributed by atoms with Crippen LogP contribution in [-0.4, -0.2) is 42.6 Å². The van der Waals surface area contributed by atoms with E-state index < -0.39 is 0 Å². The van der Waals surface area contributed by atoms with Gasteiger partial charge in [-0.1, -0.05) is 12.1 Å². The van der Waals surface area contributed by atoms with Gasteiger partial charge in [-0.2, -0.15) is 0 Å². The maximum Gasteiger partial charge on any atom is 0.253 e. The van der Waals surface area contributed by atoms with E-state index in [1.165, 1.54) is 12.1 Å². The van der Waals surface area contributed by atoms with Gasteiger partial charge in [0.15, 0.2) is 11.5 Å². The lowest BCUT2D eigenvalue weighted by Gasteiger charge is -2.33. The number of piperidine rings is 1. The highest BCUT2D eigenvalue weighted by Gasteiger charge is 2.55. The Balaban J connectivity index is 1.14. The molecular weight excluding hydrogens is 387 g/mol. The molecule has 2 aliphatic heterocycles. The van der Waals surface area contributed by atoms with Gasteiger partial charge in [-0.25, -0.2) is 4.39 Å². The molecule has 1 saturated carbocycles. The van der Waals surface area contributed by atoms with E-state index in [4.69, 9.17) is 9.47 Å². The summed E-state index contributed by atoms with van der Waals surface area (Å²) in [5.41, 5.74) is 1.36. The molecule has 3 aliphatic rings. The number of rotatable bonds is 4. The van der Waals surface area contributed by atoms with Crippen LogP contribution in [-0.2, 0) is 11.2 Å². The van der Waals surface area contributed by atoms with Gasteiger partial charge in [0, 0.05) is 24.7 Å². The summed E-state index contributed by atoms with van der Waals surface area (Å²) in [6.07, 6.45) is 2.86. The van der Waals surface area contributed by atoms with Gasteiger partial charge < -0.3 is 19.7 Å². The minimum absolute atomic E-state index is 0.00418. The molecule has 2 fully saturated rings. The van der Waals surface area contributed by atoms with Crippen LogP contribution in [0.25, 0.3) is 0 Å². The van der Waals surface area contributed by atoms with Crippen LogP contribution in [0.1, 0.15) is 35.2 Å². The molecule has 0 radical (unpaired) electrons. The predicted octanol–water partition coefficient (Wildman–Crippen LogP) is 2.91. The molecule has 1 spiro atoms. The molecule has 1 unspecified atom stereocenters. The number of likely N-dealkylation sites (tertiary alicyclic amines) is 1. The van der Waals surface area contributed by atoms with E-state index in [0.29, 0.717) is 35.7 Å². The molecule has 1 N–H and O–H groups in total. The topological polar surface area (TPSA) is 67.9 Å². The smallest absolute Gasteiger partial charge is 0.253 e. The number of amides is 2. The number of nitrogens with zero attached hydrogens (tertiary/aromatic N) is 1. The minimum atomic E-state index is -0.331. The van der Waals surface area contributed by atoms with Crippen LogP contribution in [0.3, 0.4) is 0 Å². The lowest BCUT2D eigenvalue weighted by atomic mass is 9.92. The zero-order valence-electron chi connectivity index (χ0n) is 16.5. The van der Waals surface area contributed by atoms with Crippen molar-refractivity contribution >= 4 is 11.8 Å². The van der Waals surface area contributed by atoms with Crippen molar-refractivity contribution in [2.45, 2.75) is 31.7 Å². The monoisotopic (exact) mass is 410 g/mol. The number of carbonyl (C=O) groups is 2. The Morgan fingerprint density at radius 3 is 2.70 bits per heavy atom. The van der Waals surface area contributed by atoms with Gasteiger partial charge in [-0.05, 0) is 60.6 Å². The quantitative estimate of drug-likeness (QED) is 0.842. The summed E-state index contributed by atoms with van der Waals surface area (Å²) >= 11 is 0. The van der Waals surface area contributed by atoms with Crippen molar-refractivity contribution < 1.29 is 23.5 Å². The Hall–Kier alpha value is -3.09. The normalized spacial score (nSPS) is 20.8. The molecular formula is C23H23FN2O4. The molecule has 2 heterocycles. The highest BCUT2D eigenvalue weighted by molar-refractivity contribution is 5.95. The number of ether oxygens (including phenoxy) is 2. The first-order valence-corrected chi connectivity index (χ1v) is 10.3. The van der Waals surface area contributed by atoms with E-state index in [9.17, 15) is 14.0 Å². The van der Waals surface area contributed by atoms with Crippen molar-refractivity contribution in [1.29, 1.82) is 0 Å². The summed E-state index contributed by atoms with van der Waals surface area (Å²) < 4.78 is 24.0. The molecule has 156 valence electrons. The molecule has 6 nitrogen and oxygen atoms in total. The summed E-state index contributed by atoms with van der Waals surface area (Å²) in [6.45, 7) is 1.53. The van der Waals surface area contributed by atoms with E-state index in [0.717, 1.165) is 19.3 Å². The second kappa shape index (κ2) is 7.31. The Bertz CT molecular complexity index is 1000. The van der Waals surface area contributed by atoms with Crippen molar-refractivity contribution in [1.82, 2.24) is 10.2 Å².